The number of aliphatic hydroxyl groups is 2. The number of rotatable bonds is 57. The predicted octanol–water partition coefficient (Wildman–Crippen LogP) is 17.2. The van der Waals surface area contributed by atoms with Gasteiger partial charge >= 0.3 is 23.9 Å². The van der Waals surface area contributed by atoms with Gasteiger partial charge in [-0.3, -0.25) is 14.4 Å². The average molecular weight is 1090 g/mol. The zero-order valence-corrected chi connectivity index (χ0v) is 50.0. The number of aliphatic carboxylic acids is 1. The molecule has 0 amide bonds. The van der Waals surface area contributed by atoms with Crippen LogP contribution in [0, 0.1) is 0 Å². The number of carbonyl (C=O) groups is 4. The lowest BCUT2D eigenvalue weighted by Crippen LogP contribution is -2.61. The van der Waals surface area contributed by atoms with Crippen molar-refractivity contribution in [2.45, 2.75) is 366 Å². The summed E-state index contributed by atoms with van der Waals surface area (Å²) in [6, 6.07) is 0. The van der Waals surface area contributed by atoms with Crippen LogP contribution in [0.1, 0.15) is 329 Å². The topological polar surface area (TPSA) is 175 Å². The molecule has 1 aliphatic rings. The van der Waals surface area contributed by atoms with Crippen molar-refractivity contribution in [3.8, 4) is 0 Å². The van der Waals surface area contributed by atoms with Gasteiger partial charge in [0.25, 0.3) is 0 Å². The zero-order chi connectivity index (χ0) is 56.1. The molecule has 452 valence electrons. The summed E-state index contributed by atoms with van der Waals surface area (Å²) in [5.41, 5.74) is 0. The molecule has 0 spiro atoms. The Hall–Kier alpha value is -2.54. The third-order valence-corrected chi connectivity index (χ3v) is 15.3. The van der Waals surface area contributed by atoms with Crippen LogP contribution in [-0.4, -0.2) is 89.2 Å². The lowest BCUT2D eigenvalue weighted by molar-refractivity contribution is -0.301. The van der Waals surface area contributed by atoms with Crippen LogP contribution in [0.3, 0.4) is 0 Å². The maximum absolute atomic E-state index is 13.2. The first-order valence-corrected chi connectivity index (χ1v) is 32.7. The number of hydrogen-bond acceptors (Lipinski definition) is 11. The Bertz CT molecular complexity index is 1390. The number of carboxylic acids is 1. The Morgan fingerprint density at radius 2 is 0.740 bits per heavy atom. The standard InChI is InChI=1S/C65H120O12/c1-4-7-10-13-16-19-22-24-26-28-29-31-32-34-37-39-42-45-48-51-57(66)73-54-56(75-58(67)52-49-46-43-41-38-35-33-30-27-25-23-20-17-14-11-8-5-2)55-74-65-63(61(70)60(69)62(77-65)64(71)72)76-59(68)53-50-47-44-40-36-21-18-15-12-9-6-3/h24,26,56,60-63,65,69-70H,4-23,25,27-55H2,1-3H3,(H,71,72)/b26-24-. The van der Waals surface area contributed by atoms with Gasteiger partial charge in [-0.2, -0.15) is 0 Å². The fourth-order valence-corrected chi connectivity index (χ4v) is 10.3. The molecular formula is C65H120O12. The molecule has 12 nitrogen and oxygen atoms in total. The molecule has 0 aromatic rings. The van der Waals surface area contributed by atoms with Crippen LogP contribution in [0.5, 0.6) is 0 Å². The average Bonchev–Trinajstić information content (AvgIpc) is 3.42. The van der Waals surface area contributed by atoms with E-state index < -0.39 is 67.3 Å². The maximum atomic E-state index is 13.2. The molecule has 1 rings (SSSR count). The third kappa shape index (κ3) is 43.9. The van der Waals surface area contributed by atoms with Crippen LogP contribution in [0.2, 0.25) is 0 Å². The molecule has 0 aliphatic carbocycles. The summed E-state index contributed by atoms with van der Waals surface area (Å²) in [7, 11) is 0. The number of carboxylic acid groups (broad SMARTS) is 1. The second-order valence-corrected chi connectivity index (χ2v) is 22.8. The molecule has 0 radical (unpaired) electrons. The lowest BCUT2D eigenvalue weighted by atomic mass is 9.98. The van der Waals surface area contributed by atoms with Gasteiger partial charge in [0.1, 0.15) is 18.8 Å². The number of esters is 3. The van der Waals surface area contributed by atoms with E-state index in [2.05, 4.69) is 32.9 Å². The first-order valence-electron chi connectivity index (χ1n) is 32.7. The normalized spacial score (nSPS) is 18.0. The molecule has 0 bridgehead atoms. The quantitative estimate of drug-likeness (QED) is 0.0228. The Morgan fingerprint density at radius 1 is 0.416 bits per heavy atom. The summed E-state index contributed by atoms with van der Waals surface area (Å²) >= 11 is 0. The first-order chi connectivity index (χ1) is 37.6. The van der Waals surface area contributed by atoms with Crippen LogP contribution < -0.4 is 0 Å². The van der Waals surface area contributed by atoms with E-state index in [-0.39, 0.29) is 25.9 Å². The number of aliphatic hydroxyl groups excluding tert-OH is 2. The van der Waals surface area contributed by atoms with Crippen molar-refractivity contribution in [1.29, 1.82) is 0 Å². The largest absolute Gasteiger partial charge is 0.479 e. The number of allylic oxidation sites excluding steroid dienone is 2. The van der Waals surface area contributed by atoms with Gasteiger partial charge in [-0.15, -0.1) is 0 Å². The molecule has 6 atom stereocenters. The van der Waals surface area contributed by atoms with E-state index in [9.17, 15) is 34.5 Å². The molecule has 77 heavy (non-hydrogen) atoms. The summed E-state index contributed by atoms with van der Waals surface area (Å²) in [5, 5.41) is 31.5. The fourth-order valence-electron chi connectivity index (χ4n) is 10.3. The molecule has 0 aromatic heterocycles. The number of carbonyl (C=O) groups excluding carboxylic acids is 3. The van der Waals surface area contributed by atoms with E-state index in [1.807, 2.05) is 0 Å². The summed E-state index contributed by atoms with van der Waals surface area (Å²) in [6.45, 7) is 6.03. The molecule has 1 heterocycles. The minimum absolute atomic E-state index is 0.0681. The molecule has 0 saturated carbocycles. The summed E-state index contributed by atoms with van der Waals surface area (Å²) < 4.78 is 28.5. The van der Waals surface area contributed by atoms with Gasteiger partial charge in [0.05, 0.1) is 6.61 Å². The molecule has 1 fully saturated rings. The van der Waals surface area contributed by atoms with E-state index in [4.69, 9.17) is 23.7 Å². The highest BCUT2D eigenvalue weighted by atomic mass is 16.7. The Kier molecular flexibility index (Phi) is 50.9. The number of ether oxygens (including phenoxy) is 5. The molecular weight excluding hydrogens is 973 g/mol. The number of unbranched alkanes of at least 4 members (excludes halogenated alkanes) is 41. The van der Waals surface area contributed by atoms with Crippen molar-refractivity contribution in [3.05, 3.63) is 12.2 Å². The fraction of sp³-hybridized carbons (Fsp3) is 0.908. The minimum Gasteiger partial charge on any atom is -0.479 e. The highest BCUT2D eigenvalue weighted by Crippen LogP contribution is 2.27. The van der Waals surface area contributed by atoms with Crippen LogP contribution in [0.25, 0.3) is 0 Å². The lowest BCUT2D eigenvalue weighted by Gasteiger charge is -2.40. The Labute approximate surface area is 471 Å². The van der Waals surface area contributed by atoms with E-state index in [0.29, 0.717) is 19.3 Å². The van der Waals surface area contributed by atoms with Crippen molar-refractivity contribution < 1.29 is 58.2 Å². The maximum Gasteiger partial charge on any atom is 0.335 e. The summed E-state index contributed by atoms with van der Waals surface area (Å²) in [5.74, 6) is -3.08. The number of hydrogen-bond donors (Lipinski definition) is 3. The highest BCUT2D eigenvalue weighted by Gasteiger charge is 2.50. The molecule has 12 heteroatoms. The van der Waals surface area contributed by atoms with Gasteiger partial charge < -0.3 is 39.0 Å². The smallest absolute Gasteiger partial charge is 0.335 e. The molecule has 1 aliphatic heterocycles. The van der Waals surface area contributed by atoms with Crippen LogP contribution in [0.15, 0.2) is 12.2 Å². The van der Waals surface area contributed by atoms with Gasteiger partial charge in [-0.1, -0.05) is 277 Å². The Balaban J connectivity index is 2.62. The third-order valence-electron chi connectivity index (χ3n) is 15.3. The second kappa shape index (κ2) is 54.1. The highest BCUT2D eigenvalue weighted by molar-refractivity contribution is 5.74. The molecule has 0 aromatic carbocycles. The van der Waals surface area contributed by atoms with Crippen molar-refractivity contribution in [2.24, 2.45) is 0 Å². The van der Waals surface area contributed by atoms with Crippen molar-refractivity contribution in [1.82, 2.24) is 0 Å². The van der Waals surface area contributed by atoms with Crippen LogP contribution in [0.4, 0.5) is 0 Å². The van der Waals surface area contributed by atoms with Gasteiger partial charge in [0, 0.05) is 19.3 Å². The van der Waals surface area contributed by atoms with E-state index in [0.717, 1.165) is 64.2 Å². The second-order valence-electron chi connectivity index (χ2n) is 22.8. The first kappa shape index (κ1) is 72.5. The molecule has 1 saturated heterocycles. The minimum atomic E-state index is -1.90. The molecule has 6 unspecified atom stereocenters. The van der Waals surface area contributed by atoms with Gasteiger partial charge in [-0.25, -0.2) is 4.79 Å². The van der Waals surface area contributed by atoms with Crippen molar-refractivity contribution in [2.75, 3.05) is 13.2 Å². The van der Waals surface area contributed by atoms with Crippen LogP contribution >= 0.6 is 0 Å². The molecule has 3 N–H and O–H groups in total. The van der Waals surface area contributed by atoms with E-state index >= 15 is 0 Å². The van der Waals surface area contributed by atoms with Gasteiger partial charge in [0.15, 0.2) is 24.6 Å². The van der Waals surface area contributed by atoms with Gasteiger partial charge in [0.2, 0.25) is 0 Å². The summed E-state index contributed by atoms with van der Waals surface area (Å²) in [6.07, 6.45) is 48.9. The predicted molar refractivity (Wildman–Crippen MR) is 313 cm³/mol. The summed E-state index contributed by atoms with van der Waals surface area (Å²) in [4.78, 5) is 51.2. The van der Waals surface area contributed by atoms with Crippen molar-refractivity contribution >= 4 is 23.9 Å². The monoisotopic (exact) mass is 1090 g/mol. The zero-order valence-electron chi connectivity index (χ0n) is 50.0. The van der Waals surface area contributed by atoms with Crippen molar-refractivity contribution in [3.63, 3.8) is 0 Å². The van der Waals surface area contributed by atoms with Gasteiger partial charge in [-0.05, 0) is 44.9 Å². The van der Waals surface area contributed by atoms with Crippen LogP contribution in [-0.2, 0) is 42.9 Å². The SMILES string of the molecule is CCCCCCCC/C=C\CCCCCCCCCCCC(=O)OCC(COC1OC(C(=O)O)C(O)C(O)C1OC(=O)CCCCCCCCCCCCC)OC(=O)CCCCCCCCCCCCCCCCCCC. The van der Waals surface area contributed by atoms with E-state index in [1.54, 1.807) is 0 Å². The van der Waals surface area contributed by atoms with E-state index in [1.165, 1.54) is 205 Å². The Morgan fingerprint density at radius 3 is 1.10 bits per heavy atom.